The lowest BCUT2D eigenvalue weighted by Gasteiger charge is -2.31. The number of carbonyl (C=O) groups excluding carboxylic acids is 1. The van der Waals surface area contributed by atoms with Crippen molar-refractivity contribution in [2.75, 3.05) is 13.1 Å². The van der Waals surface area contributed by atoms with Gasteiger partial charge in [-0.05, 0) is 37.5 Å². The van der Waals surface area contributed by atoms with Gasteiger partial charge in [0.15, 0.2) is 6.19 Å². The standard InChI is InChI=1S/C24H27N5O2/c25-16-29-14-17-7-6-12-24(17,15-29)26-23(30)21-13-20(27-28-21)19-10-4-5-11-22(19)31-18-8-2-1-3-9-18/h1-5,8-11,17,20-21,27-28H,6-7,12-15H2,(H,26,30)/t17-,20?,21?,24-/m1/s1. The number of hydrogen-bond acceptors (Lipinski definition) is 6. The first-order valence-corrected chi connectivity index (χ1v) is 11.0. The first-order valence-electron chi connectivity index (χ1n) is 11.0. The van der Waals surface area contributed by atoms with E-state index in [1.54, 1.807) is 4.90 Å². The summed E-state index contributed by atoms with van der Waals surface area (Å²) in [6.45, 7) is 1.37. The van der Waals surface area contributed by atoms with Crippen LogP contribution in [0.3, 0.4) is 0 Å². The average molecular weight is 418 g/mol. The molecule has 2 aromatic rings. The summed E-state index contributed by atoms with van der Waals surface area (Å²) in [5, 5.41) is 12.6. The number of hydrogen-bond donors (Lipinski definition) is 3. The van der Waals surface area contributed by atoms with E-state index in [0.29, 0.717) is 18.9 Å². The van der Waals surface area contributed by atoms with Crippen molar-refractivity contribution in [3.05, 3.63) is 60.2 Å². The number of nitriles is 1. The summed E-state index contributed by atoms with van der Waals surface area (Å²) in [6, 6.07) is 17.3. The van der Waals surface area contributed by atoms with Gasteiger partial charge in [-0.2, -0.15) is 5.26 Å². The largest absolute Gasteiger partial charge is 0.457 e. The summed E-state index contributed by atoms with van der Waals surface area (Å²) in [7, 11) is 0. The molecule has 31 heavy (non-hydrogen) atoms. The lowest BCUT2D eigenvalue weighted by Crippen LogP contribution is -2.56. The molecule has 160 valence electrons. The molecule has 2 heterocycles. The van der Waals surface area contributed by atoms with Gasteiger partial charge in [0.25, 0.3) is 0 Å². The fourth-order valence-corrected chi connectivity index (χ4v) is 5.31. The van der Waals surface area contributed by atoms with Gasteiger partial charge < -0.3 is 15.0 Å². The van der Waals surface area contributed by atoms with E-state index in [-0.39, 0.29) is 23.5 Å². The van der Waals surface area contributed by atoms with Crippen molar-refractivity contribution in [2.24, 2.45) is 5.92 Å². The average Bonchev–Trinajstić information content (AvgIpc) is 3.49. The Hall–Kier alpha value is -3.08. The second-order valence-electron chi connectivity index (χ2n) is 8.80. The summed E-state index contributed by atoms with van der Waals surface area (Å²) in [4.78, 5) is 14.9. The van der Waals surface area contributed by atoms with E-state index >= 15 is 0 Å². The first-order chi connectivity index (χ1) is 15.2. The van der Waals surface area contributed by atoms with Crippen molar-refractivity contribution >= 4 is 5.91 Å². The normalized spacial score (nSPS) is 29.4. The highest BCUT2D eigenvalue weighted by molar-refractivity contribution is 5.83. The van der Waals surface area contributed by atoms with Crippen LogP contribution in [0, 0.1) is 17.4 Å². The van der Waals surface area contributed by atoms with Gasteiger partial charge >= 0.3 is 0 Å². The molecule has 0 aromatic heterocycles. The first kappa shape index (κ1) is 19.9. The van der Waals surface area contributed by atoms with Crippen LogP contribution in [0.2, 0.25) is 0 Å². The van der Waals surface area contributed by atoms with Gasteiger partial charge in [-0.1, -0.05) is 42.8 Å². The maximum Gasteiger partial charge on any atom is 0.239 e. The van der Waals surface area contributed by atoms with Gasteiger partial charge in [0.1, 0.15) is 17.5 Å². The number of nitrogens with one attached hydrogen (secondary N) is 3. The Morgan fingerprint density at radius 3 is 2.81 bits per heavy atom. The van der Waals surface area contributed by atoms with Gasteiger partial charge in [0.05, 0.1) is 18.1 Å². The highest BCUT2D eigenvalue weighted by Gasteiger charge is 2.51. The van der Waals surface area contributed by atoms with E-state index in [2.05, 4.69) is 22.4 Å². The monoisotopic (exact) mass is 417 g/mol. The Balaban J connectivity index is 1.27. The van der Waals surface area contributed by atoms with Crippen LogP contribution in [0.15, 0.2) is 54.6 Å². The number of hydrazine groups is 1. The van der Waals surface area contributed by atoms with Gasteiger partial charge in [0.2, 0.25) is 5.91 Å². The van der Waals surface area contributed by atoms with Gasteiger partial charge in [0, 0.05) is 18.0 Å². The molecule has 0 spiro atoms. The lowest BCUT2D eigenvalue weighted by molar-refractivity contribution is -0.125. The van der Waals surface area contributed by atoms with E-state index in [0.717, 1.165) is 42.9 Å². The molecule has 3 N–H and O–H groups in total. The molecular weight excluding hydrogens is 390 g/mol. The number of benzene rings is 2. The molecule has 2 aliphatic heterocycles. The fourth-order valence-electron chi connectivity index (χ4n) is 5.31. The van der Waals surface area contributed by atoms with E-state index in [1.807, 2.05) is 54.6 Å². The number of ether oxygens (including phenoxy) is 1. The molecule has 0 radical (unpaired) electrons. The van der Waals surface area contributed by atoms with Crippen LogP contribution >= 0.6 is 0 Å². The molecule has 0 bridgehead atoms. The fraction of sp³-hybridized carbons (Fsp3) is 0.417. The number of carbonyl (C=O) groups is 1. The van der Waals surface area contributed by atoms with Crippen LogP contribution in [0.4, 0.5) is 0 Å². The summed E-state index contributed by atoms with van der Waals surface area (Å²) >= 11 is 0. The third kappa shape index (κ3) is 3.85. The minimum Gasteiger partial charge on any atom is -0.457 e. The minimum atomic E-state index is -0.332. The SMILES string of the molecule is N#CN1C[C@H]2CCC[C@@]2(NC(=O)C2CC(c3ccccc3Oc3ccccc3)NN2)C1. The van der Waals surface area contributed by atoms with Gasteiger partial charge in [-0.25, -0.2) is 10.9 Å². The third-order valence-corrected chi connectivity index (χ3v) is 6.87. The molecular formula is C24H27N5O2. The smallest absolute Gasteiger partial charge is 0.239 e. The summed E-state index contributed by atoms with van der Waals surface area (Å²) < 4.78 is 6.10. The minimum absolute atomic E-state index is 0.00292. The molecule has 3 aliphatic rings. The zero-order chi connectivity index (χ0) is 21.3. The Morgan fingerprint density at radius 2 is 1.97 bits per heavy atom. The topological polar surface area (TPSA) is 89.4 Å². The summed E-state index contributed by atoms with van der Waals surface area (Å²) in [5.74, 6) is 1.93. The molecule has 4 atom stereocenters. The molecule has 1 saturated carbocycles. The Labute approximate surface area is 182 Å². The molecule has 2 unspecified atom stereocenters. The van der Waals surface area contributed by atoms with E-state index in [4.69, 9.17) is 4.74 Å². The van der Waals surface area contributed by atoms with Crippen molar-refractivity contribution in [2.45, 2.75) is 43.3 Å². The second-order valence-corrected chi connectivity index (χ2v) is 8.80. The van der Waals surface area contributed by atoms with E-state index < -0.39 is 0 Å². The number of para-hydroxylation sites is 2. The number of fused-ring (bicyclic) bond motifs is 1. The van der Waals surface area contributed by atoms with Crippen LogP contribution in [0.25, 0.3) is 0 Å². The molecule has 1 aliphatic carbocycles. The summed E-state index contributed by atoms with van der Waals surface area (Å²) in [5.41, 5.74) is 7.21. The number of nitrogens with zero attached hydrogens (tertiary/aromatic N) is 2. The van der Waals surface area contributed by atoms with Crippen molar-refractivity contribution in [1.29, 1.82) is 5.26 Å². The van der Waals surface area contributed by atoms with Crippen LogP contribution < -0.4 is 20.9 Å². The lowest BCUT2D eigenvalue weighted by atomic mass is 9.90. The van der Waals surface area contributed by atoms with Crippen molar-refractivity contribution < 1.29 is 9.53 Å². The van der Waals surface area contributed by atoms with Crippen LogP contribution in [0.1, 0.15) is 37.3 Å². The van der Waals surface area contributed by atoms with E-state index in [9.17, 15) is 10.1 Å². The van der Waals surface area contributed by atoms with Gasteiger partial charge in [-0.15, -0.1) is 0 Å². The Kier molecular flexibility index (Phi) is 5.26. The van der Waals surface area contributed by atoms with Crippen LogP contribution in [0.5, 0.6) is 11.5 Å². The van der Waals surface area contributed by atoms with Gasteiger partial charge in [-0.3, -0.25) is 4.79 Å². The zero-order valence-electron chi connectivity index (χ0n) is 17.4. The number of rotatable bonds is 5. The third-order valence-electron chi connectivity index (χ3n) is 6.87. The van der Waals surface area contributed by atoms with Crippen molar-refractivity contribution in [3.8, 4) is 17.7 Å². The molecule has 2 saturated heterocycles. The maximum atomic E-state index is 13.1. The molecule has 1 amide bonds. The predicted octanol–water partition coefficient (Wildman–Crippen LogP) is 2.84. The highest BCUT2D eigenvalue weighted by Crippen LogP contribution is 2.41. The molecule has 3 fully saturated rings. The van der Waals surface area contributed by atoms with Crippen LogP contribution in [-0.2, 0) is 4.79 Å². The second kappa shape index (κ2) is 8.22. The zero-order valence-corrected chi connectivity index (χ0v) is 17.4. The van der Waals surface area contributed by atoms with Crippen molar-refractivity contribution in [3.63, 3.8) is 0 Å². The molecule has 5 rings (SSSR count). The maximum absolute atomic E-state index is 13.1. The molecule has 7 nitrogen and oxygen atoms in total. The Morgan fingerprint density at radius 1 is 1.16 bits per heavy atom. The van der Waals surface area contributed by atoms with Crippen LogP contribution in [-0.4, -0.2) is 35.5 Å². The van der Waals surface area contributed by atoms with E-state index in [1.165, 1.54) is 0 Å². The highest BCUT2D eigenvalue weighted by atomic mass is 16.5. The molecule has 2 aromatic carbocycles. The Bertz CT molecular complexity index is 991. The predicted molar refractivity (Wildman–Crippen MR) is 116 cm³/mol. The molecule has 7 heteroatoms. The quantitative estimate of drug-likeness (QED) is 0.649. The van der Waals surface area contributed by atoms with Crippen molar-refractivity contribution in [1.82, 2.24) is 21.1 Å². The summed E-state index contributed by atoms with van der Waals surface area (Å²) in [6.07, 6.45) is 6.00. The number of likely N-dealkylation sites (tertiary alicyclic amines) is 1. The number of amides is 1.